The maximum atomic E-state index is 12.6. The summed E-state index contributed by atoms with van der Waals surface area (Å²) in [5.74, 6) is -0.604. The number of unbranched alkanes of at least 4 members (excludes halogenated alkanes) is 31. The highest BCUT2D eigenvalue weighted by Crippen LogP contribution is 2.16. The van der Waals surface area contributed by atoms with Crippen LogP contribution in [0.15, 0.2) is 48.6 Å². The number of aliphatic hydroxyl groups is 4. The van der Waals surface area contributed by atoms with Crippen LogP contribution in [0, 0.1) is 0 Å². The van der Waals surface area contributed by atoms with Crippen LogP contribution in [0.1, 0.15) is 264 Å². The molecular formula is C55H103NO5. The van der Waals surface area contributed by atoms with Gasteiger partial charge in [-0.3, -0.25) is 4.79 Å². The zero-order valence-corrected chi connectivity index (χ0v) is 40.4. The fourth-order valence-corrected chi connectivity index (χ4v) is 8.02. The first-order valence-corrected chi connectivity index (χ1v) is 26.5. The van der Waals surface area contributed by atoms with Crippen LogP contribution >= 0.6 is 0 Å². The Labute approximate surface area is 379 Å². The van der Waals surface area contributed by atoms with Crippen molar-refractivity contribution < 1.29 is 25.2 Å². The Morgan fingerprint density at radius 3 is 1.03 bits per heavy atom. The summed E-state index contributed by atoms with van der Waals surface area (Å²) in [6.07, 6.45) is 61.7. The minimum atomic E-state index is -1.30. The second-order valence-electron chi connectivity index (χ2n) is 18.2. The molecule has 0 saturated carbocycles. The van der Waals surface area contributed by atoms with E-state index in [1.165, 1.54) is 167 Å². The fraction of sp³-hybridized carbons (Fsp3) is 0.836. The molecule has 61 heavy (non-hydrogen) atoms. The molecule has 4 atom stereocenters. The highest BCUT2D eigenvalue weighted by molar-refractivity contribution is 5.80. The third-order valence-electron chi connectivity index (χ3n) is 12.2. The van der Waals surface area contributed by atoms with Crippen molar-refractivity contribution in [3.05, 3.63) is 48.6 Å². The Hall–Kier alpha value is -1.73. The quantitative estimate of drug-likeness (QED) is 0.0309. The largest absolute Gasteiger partial charge is 0.394 e. The monoisotopic (exact) mass is 858 g/mol. The van der Waals surface area contributed by atoms with E-state index in [1.807, 2.05) is 0 Å². The lowest BCUT2D eigenvalue weighted by molar-refractivity contribution is -0.132. The number of amides is 1. The number of rotatable bonds is 48. The van der Waals surface area contributed by atoms with Crippen LogP contribution in [0.25, 0.3) is 0 Å². The van der Waals surface area contributed by atoms with Gasteiger partial charge in [-0.1, -0.05) is 223 Å². The van der Waals surface area contributed by atoms with Crippen molar-refractivity contribution in [1.29, 1.82) is 0 Å². The number of allylic oxidation sites excluding steroid dienone is 8. The molecular weight excluding hydrogens is 755 g/mol. The molecule has 0 aromatic heterocycles. The third kappa shape index (κ3) is 43.3. The standard InChI is InChI=1S/C55H103NO5/c1-3-5-7-9-11-13-15-17-19-21-23-24-25-26-27-28-29-31-32-34-36-38-40-42-44-46-48-52(58)54(60)51(50-57)56-55(61)53(59)49-47-45-43-41-39-37-35-33-30-22-20-18-16-14-12-10-8-6-4-2/h27-28,30,32-34,40,42,51-54,57-60H,3-26,29,31,35-39,41,43-50H2,1-2H3,(H,56,61)/b28-27+,33-30-,34-32+,42-40+. The lowest BCUT2D eigenvalue weighted by Gasteiger charge is -2.27. The summed E-state index contributed by atoms with van der Waals surface area (Å²) in [4.78, 5) is 12.6. The molecule has 0 fully saturated rings. The smallest absolute Gasteiger partial charge is 0.249 e. The average molecular weight is 858 g/mol. The Kier molecular flexibility index (Phi) is 47.9. The first-order valence-electron chi connectivity index (χ1n) is 26.5. The second-order valence-corrected chi connectivity index (χ2v) is 18.2. The van der Waals surface area contributed by atoms with Crippen molar-refractivity contribution in [3.63, 3.8) is 0 Å². The van der Waals surface area contributed by atoms with Gasteiger partial charge in [0.25, 0.3) is 0 Å². The van der Waals surface area contributed by atoms with Crippen LogP contribution in [-0.4, -0.2) is 57.3 Å². The third-order valence-corrected chi connectivity index (χ3v) is 12.2. The molecule has 0 aromatic rings. The van der Waals surface area contributed by atoms with Gasteiger partial charge >= 0.3 is 0 Å². The van der Waals surface area contributed by atoms with E-state index in [1.54, 1.807) is 0 Å². The van der Waals surface area contributed by atoms with E-state index in [9.17, 15) is 25.2 Å². The molecule has 0 heterocycles. The molecule has 0 aliphatic carbocycles. The van der Waals surface area contributed by atoms with Gasteiger partial charge in [0.1, 0.15) is 12.2 Å². The first kappa shape index (κ1) is 59.3. The summed E-state index contributed by atoms with van der Waals surface area (Å²) in [6.45, 7) is 4.05. The molecule has 5 N–H and O–H groups in total. The fourth-order valence-electron chi connectivity index (χ4n) is 8.02. The summed E-state index contributed by atoms with van der Waals surface area (Å²) in [5.41, 5.74) is 0. The van der Waals surface area contributed by atoms with Crippen LogP contribution in [0.2, 0.25) is 0 Å². The van der Waals surface area contributed by atoms with Gasteiger partial charge < -0.3 is 25.7 Å². The molecule has 0 radical (unpaired) electrons. The summed E-state index contributed by atoms with van der Waals surface area (Å²) < 4.78 is 0. The summed E-state index contributed by atoms with van der Waals surface area (Å²) in [5, 5.41) is 43.8. The van der Waals surface area contributed by atoms with E-state index in [-0.39, 0.29) is 0 Å². The minimum absolute atomic E-state index is 0.350. The molecule has 0 rings (SSSR count). The van der Waals surface area contributed by atoms with Crippen molar-refractivity contribution in [2.45, 2.75) is 289 Å². The molecule has 358 valence electrons. The average Bonchev–Trinajstić information content (AvgIpc) is 3.26. The zero-order chi connectivity index (χ0) is 44.5. The van der Waals surface area contributed by atoms with Gasteiger partial charge in [0, 0.05) is 0 Å². The lowest BCUT2D eigenvalue weighted by atomic mass is 10.00. The van der Waals surface area contributed by atoms with E-state index in [0.717, 1.165) is 64.2 Å². The van der Waals surface area contributed by atoms with Crippen LogP contribution in [0.3, 0.4) is 0 Å². The number of nitrogens with one attached hydrogen (secondary N) is 1. The molecule has 0 bridgehead atoms. The molecule has 0 aromatic carbocycles. The van der Waals surface area contributed by atoms with Gasteiger partial charge in [-0.15, -0.1) is 0 Å². The van der Waals surface area contributed by atoms with Crippen molar-refractivity contribution in [2.75, 3.05) is 6.61 Å². The van der Waals surface area contributed by atoms with Gasteiger partial charge in [0.2, 0.25) is 5.91 Å². The van der Waals surface area contributed by atoms with E-state index in [2.05, 4.69) is 67.8 Å². The Balaban J connectivity index is 3.76. The van der Waals surface area contributed by atoms with Crippen molar-refractivity contribution in [3.8, 4) is 0 Å². The Bertz CT molecular complexity index is 1010. The van der Waals surface area contributed by atoms with E-state index < -0.39 is 36.9 Å². The SMILES string of the molecule is CCCCCCCCCCC/C=C\CCCCCCCCC(O)C(=O)NC(CO)C(O)C(O)CCC/C=C/CC/C=C/CC/C=C/CCCCCCCCCCCCCCC. The normalized spacial score (nSPS) is 14.3. The second kappa shape index (κ2) is 49.3. The number of carbonyl (C=O) groups is 1. The predicted molar refractivity (Wildman–Crippen MR) is 265 cm³/mol. The molecule has 6 heteroatoms. The molecule has 6 nitrogen and oxygen atoms in total. The lowest BCUT2D eigenvalue weighted by Crippen LogP contribution is -2.53. The molecule has 0 aliphatic rings. The minimum Gasteiger partial charge on any atom is -0.394 e. The van der Waals surface area contributed by atoms with Gasteiger partial charge in [0.15, 0.2) is 0 Å². The molecule has 0 aliphatic heterocycles. The van der Waals surface area contributed by atoms with E-state index in [0.29, 0.717) is 19.3 Å². The van der Waals surface area contributed by atoms with Gasteiger partial charge in [0.05, 0.1) is 18.8 Å². The summed E-state index contributed by atoms with van der Waals surface area (Å²) >= 11 is 0. The van der Waals surface area contributed by atoms with Crippen molar-refractivity contribution >= 4 is 5.91 Å². The topological polar surface area (TPSA) is 110 Å². The van der Waals surface area contributed by atoms with E-state index in [4.69, 9.17) is 0 Å². The van der Waals surface area contributed by atoms with Crippen LogP contribution in [0.5, 0.6) is 0 Å². The highest BCUT2D eigenvalue weighted by atomic mass is 16.3. The zero-order valence-electron chi connectivity index (χ0n) is 40.4. The molecule has 1 amide bonds. The predicted octanol–water partition coefficient (Wildman–Crippen LogP) is 15.0. The summed E-state index contributed by atoms with van der Waals surface area (Å²) in [6, 6.07) is -1.02. The highest BCUT2D eigenvalue weighted by Gasteiger charge is 2.28. The molecule has 0 spiro atoms. The number of aliphatic hydroxyl groups excluding tert-OH is 4. The molecule has 0 saturated heterocycles. The van der Waals surface area contributed by atoms with Gasteiger partial charge in [-0.2, -0.15) is 0 Å². The summed E-state index contributed by atoms with van der Waals surface area (Å²) in [7, 11) is 0. The van der Waals surface area contributed by atoms with Crippen molar-refractivity contribution in [1.82, 2.24) is 5.32 Å². The van der Waals surface area contributed by atoms with E-state index >= 15 is 0 Å². The van der Waals surface area contributed by atoms with Crippen LogP contribution < -0.4 is 5.32 Å². The van der Waals surface area contributed by atoms with Gasteiger partial charge in [-0.05, 0) is 89.9 Å². The maximum Gasteiger partial charge on any atom is 0.249 e. The first-order chi connectivity index (χ1) is 30.0. The Morgan fingerprint density at radius 1 is 0.393 bits per heavy atom. The maximum absolute atomic E-state index is 12.6. The number of carbonyl (C=O) groups excluding carboxylic acids is 1. The van der Waals surface area contributed by atoms with Crippen LogP contribution in [-0.2, 0) is 4.79 Å². The van der Waals surface area contributed by atoms with Gasteiger partial charge in [-0.25, -0.2) is 0 Å². The number of hydrogen-bond acceptors (Lipinski definition) is 5. The Morgan fingerprint density at radius 2 is 0.689 bits per heavy atom. The molecule has 4 unspecified atom stereocenters. The number of hydrogen-bond donors (Lipinski definition) is 5. The van der Waals surface area contributed by atoms with Crippen molar-refractivity contribution in [2.24, 2.45) is 0 Å². The van der Waals surface area contributed by atoms with Crippen LogP contribution in [0.4, 0.5) is 0 Å².